The Hall–Kier alpha value is -1.20. The summed E-state index contributed by atoms with van der Waals surface area (Å²) in [5, 5.41) is 3.31. The molecule has 1 aliphatic heterocycles. The quantitative estimate of drug-likeness (QED) is 0.807. The van der Waals surface area contributed by atoms with Crippen molar-refractivity contribution in [3.63, 3.8) is 0 Å². The van der Waals surface area contributed by atoms with Gasteiger partial charge in [-0.15, -0.1) is 0 Å². The molecule has 0 fully saturated rings. The monoisotopic (exact) mass is 271 g/mol. The van der Waals surface area contributed by atoms with Crippen LogP contribution in [-0.4, -0.2) is 31.8 Å². The third kappa shape index (κ3) is 3.42. The van der Waals surface area contributed by atoms with E-state index in [4.69, 9.17) is 9.47 Å². The standard InChI is InChI=1S/C14H19F2NO2/c1-14(2)13(17-7-8-18-9-12(15)16)10-5-3-4-6-11(10)19-14/h3-6,12-13,17H,7-9H2,1-2H3. The highest BCUT2D eigenvalue weighted by Crippen LogP contribution is 2.42. The average molecular weight is 271 g/mol. The van der Waals surface area contributed by atoms with Crippen LogP contribution < -0.4 is 10.1 Å². The van der Waals surface area contributed by atoms with Crippen molar-refractivity contribution in [1.29, 1.82) is 0 Å². The average Bonchev–Trinajstić information content (AvgIpc) is 2.59. The normalized spacial score (nSPS) is 20.4. The number of hydrogen-bond donors (Lipinski definition) is 1. The van der Waals surface area contributed by atoms with Crippen molar-refractivity contribution in [2.45, 2.75) is 31.9 Å². The van der Waals surface area contributed by atoms with Gasteiger partial charge >= 0.3 is 0 Å². The molecule has 5 heteroatoms. The summed E-state index contributed by atoms with van der Waals surface area (Å²) in [6.07, 6.45) is -2.41. The highest BCUT2D eigenvalue weighted by atomic mass is 19.3. The molecule has 0 spiro atoms. The predicted molar refractivity (Wildman–Crippen MR) is 68.7 cm³/mol. The largest absolute Gasteiger partial charge is 0.486 e. The molecule has 1 aromatic carbocycles. The smallest absolute Gasteiger partial charge is 0.261 e. The van der Waals surface area contributed by atoms with E-state index >= 15 is 0 Å². The van der Waals surface area contributed by atoms with E-state index in [0.717, 1.165) is 11.3 Å². The third-order valence-corrected chi connectivity index (χ3v) is 3.14. The molecule has 1 aliphatic rings. The maximum atomic E-state index is 11.9. The molecule has 0 amide bonds. The summed E-state index contributed by atoms with van der Waals surface area (Å²) in [5.41, 5.74) is 0.744. The lowest BCUT2D eigenvalue weighted by Gasteiger charge is -2.27. The molecular weight excluding hydrogens is 252 g/mol. The van der Waals surface area contributed by atoms with Crippen LogP contribution in [0.15, 0.2) is 24.3 Å². The molecule has 0 saturated carbocycles. The van der Waals surface area contributed by atoms with E-state index < -0.39 is 13.0 Å². The fourth-order valence-electron chi connectivity index (χ4n) is 2.33. The molecule has 106 valence electrons. The molecule has 2 rings (SSSR count). The topological polar surface area (TPSA) is 30.5 Å². The van der Waals surface area contributed by atoms with Gasteiger partial charge in [0.25, 0.3) is 6.43 Å². The first-order chi connectivity index (χ1) is 9.00. The third-order valence-electron chi connectivity index (χ3n) is 3.14. The lowest BCUT2D eigenvalue weighted by Crippen LogP contribution is -2.40. The van der Waals surface area contributed by atoms with Crippen LogP contribution in [0.2, 0.25) is 0 Å². The van der Waals surface area contributed by atoms with Gasteiger partial charge in [-0.05, 0) is 19.9 Å². The summed E-state index contributed by atoms with van der Waals surface area (Å²) in [6.45, 7) is 4.27. The zero-order valence-electron chi connectivity index (χ0n) is 11.2. The number of rotatable bonds is 6. The molecule has 1 atom stereocenters. The fraction of sp³-hybridized carbons (Fsp3) is 0.571. The fourth-order valence-corrected chi connectivity index (χ4v) is 2.33. The molecule has 1 heterocycles. The first-order valence-electron chi connectivity index (χ1n) is 6.38. The van der Waals surface area contributed by atoms with Gasteiger partial charge in [-0.3, -0.25) is 0 Å². The molecule has 0 saturated heterocycles. The van der Waals surface area contributed by atoms with E-state index in [1.807, 2.05) is 38.1 Å². The Kier molecular flexibility index (Phi) is 4.37. The molecule has 3 nitrogen and oxygen atoms in total. The van der Waals surface area contributed by atoms with Gasteiger partial charge < -0.3 is 14.8 Å². The highest BCUT2D eigenvalue weighted by molar-refractivity contribution is 5.42. The summed E-state index contributed by atoms with van der Waals surface area (Å²) in [7, 11) is 0. The van der Waals surface area contributed by atoms with Crippen molar-refractivity contribution in [3.05, 3.63) is 29.8 Å². The summed E-state index contributed by atoms with van der Waals surface area (Å²) < 4.78 is 34.6. The van der Waals surface area contributed by atoms with E-state index in [9.17, 15) is 8.78 Å². The minimum Gasteiger partial charge on any atom is -0.486 e. The van der Waals surface area contributed by atoms with Gasteiger partial charge in [-0.1, -0.05) is 18.2 Å². The Morgan fingerprint density at radius 3 is 2.84 bits per heavy atom. The minimum absolute atomic E-state index is 0.0406. The van der Waals surface area contributed by atoms with Crippen LogP contribution in [0, 0.1) is 0 Å². The zero-order valence-corrected chi connectivity index (χ0v) is 11.2. The Morgan fingerprint density at radius 1 is 1.37 bits per heavy atom. The molecule has 0 aliphatic carbocycles. The van der Waals surface area contributed by atoms with Gasteiger partial charge in [0.1, 0.15) is 18.0 Å². The zero-order chi connectivity index (χ0) is 13.9. The Balaban J connectivity index is 1.88. The Labute approximate surface area is 111 Å². The summed E-state index contributed by atoms with van der Waals surface area (Å²) >= 11 is 0. The van der Waals surface area contributed by atoms with Crippen LogP contribution in [0.25, 0.3) is 0 Å². The van der Waals surface area contributed by atoms with E-state index in [2.05, 4.69) is 5.32 Å². The van der Waals surface area contributed by atoms with Crippen LogP contribution in [-0.2, 0) is 4.74 Å². The maximum Gasteiger partial charge on any atom is 0.261 e. The van der Waals surface area contributed by atoms with Crippen LogP contribution in [0.1, 0.15) is 25.5 Å². The molecular formula is C14H19F2NO2. The number of halogens is 2. The number of fused-ring (bicyclic) bond motifs is 1. The van der Waals surface area contributed by atoms with E-state index in [-0.39, 0.29) is 18.2 Å². The summed E-state index contributed by atoms with van der Waals surface area (Å²) in [5.74, 6) is 0.874. The van der Waals surface area contributed by atoms with Crippen LogP contribution in [0.3, 0.4) is 0 Å². The number of benzene rings is 1. The number of para-hydroxylation sites is 1. The van der Waals surface area contributed by atoms with Crippen molar-refractivity contribution in [1.82, 2.24) is 5.32 Å². The first-order valence-corrected chi connectivity index (χ1v) is 6.38. The maximum absolute atomic E-state index is 11.9. The second-order valence-corrected chi connectivity index (χ2v) is 5.10. The minimum atomic E-state index is -2.41. The molecule has 1 aromatic rings. The molecule has 0 aromatic heterocycles. The lowest BCUT2D eigenvalue weighted by molar-refractivity contribution is 0.0157. The summed E-state index contributed by atoms with van der Waals surface area (Å²) in [6, 6.07) is 7.89. The van der Waals surface area contributed by atoms with Gasteiger partial charge in [0.05, 0.1) is 12.6 Å². The van der Waals surface area contributed by atoms with Crippen LogP contribution >= 0.6 is 0 Å². The highest BCUT2D eigenvalue weighted by Gasteiger charge is 2.40. The van der Waals surface area contributed by atoms with E-state index in [1.165, 1.54) is 0 Å². The Bertz CT molecular complexity index is 424. The lowest BCUT2D eigenvalue weighted by atomic mass is 9.94. The number of ether oxygens (including phenoxy) is 2. The van der Waals surface area contributed by atoms with E-state index in [0.29, 0.717) is 6.54 Å². The SMILES string of the molecule is CC1(C)Oc2ccccc2C1NCCOCC(F)F. The molecule has 1 unspecified atom stereocenters. The second kappa shape index (κ2) is 5.84. The van der Waals surface area contributed by atoms with Crippen molar-refractivity contribution in [2.75, 3.05) is 19.8 Å². The summed E-state index contributed by atoms with van der Waals surface area (Å²) in [4.78, 5) is 0. The predicted octanol–water partition coefficient (Wildman–Crippen LogP) is 2.77. The van der Waals surface area contributed by atoms with Gasteiger partial charge in [0, 0.05) is 12.1 Å². The van der Waals surface area contributed by atoms with Gasteiger partial charge in [-0.25, -0.2) is 8.78 Å². The van der Waals surface area contributed by atoms with Crippen LogP contribution in [0.4, 0.5) is 8.78 Å². The second-order valence-electron chi connectivity index (χ2n) is 5.10. The van der Waals surface area contributed by atoms with Crippen molar-refractivity contribution in [2.24, 2.45) is 0 Å². The van der Waals surface area contributed by atoms with Crippen molar-refractivity contribution < 1.29 is 18.3 Å². The number of hydrogen-bond acceptors (Lipinski definition) is 3. The molecule has 0 bridgehead atoms. The first kappa shape index (κ1) is 14.2. The van der Waals surface area contributed by atoms with Gasteiger partial charge in [0.2, 0.25) is 0 Å². The van der Waals surface area contributed by atoms with Crippen molar-refractivity contribution in [3.8, 4) is 5.75 Å². The van der Waals surface area contributed by atoms with E-state index in [1.54, 1.807) is 0 Å². The molecule has 19 heavy (non-hydrogen) atoms. The number of nitrogens with one attached hydrogen (secondary N) is 1. The van der Waals surface area contributed by atoms with Gasteiger partial charge in [0.15, 0.2) is 0 Å². The molecule has 1 N–H and O–H groups in total. The van der Waals surface area contributed by atoms with Crippen LogP contribution in [0.5, 0.6) is 5.75 Å². The number of alkyl halides is 2. The van der Waals surface area contributed by atoms with Gasteiger partial charge in [-0.2, -0.15) is 0 Å². The van der Waals surface area contributed by atoms with Crippen molar-refractivity contribution >= 4 is 0 Å². The Morgan fingerprint density at radius 2 is 2.11 bits per heavy atom. The molecule has 0 radical (unpaired) electrons.